The minimum Gasteiger partial charge on any atom is -0.394 e. The molecule has 0 radical (unpaired) electrons. The van der Waals surface area contributed by atoms with E-state index in [1.54, 1.807) is 0 Å². The predicted molar refractivity (Wildman–Crippen MR) is 68.0 cm³/mol. The number of nitrogens with one attached hydrogen (secondary N) is 1. The predicted octanol–water partition coefficient (Wildman–Crippen LogP) is 1.06. The number of hydrogen-bond donors (Lipinski definition) is 3. The summed E-state index contributed by atoms with van der Waals surface area (Å²) in [5.74, 6) is 0. The summed E-state index contributed by atoms with van der Waals surface area (Å²) in [6, 6.07) is 0. The lowest BCUT2D eigenvalue weighted by Crippen LogP contribution is -2.49. The van der Waals surface area contributed by atoms with E-state index in [1.807, 2.05) is 13.8 Å². The van der Waals surface area contributed by atoms with E-state index in [0.29, 0.717) is 19.3 Å². The lowest BCUT2D eigenvalue weighted by Gasteiger charge is -2.28. The molecule has 0 aromatic carbocycles. The Morgan fingerprint density at radius 2 is 2.06 bits per heavy atom. The van der Waals surface area contributed by atoms with E-state index < -0.39 is 6.10 Å². The average molecular weight is 245 g/mol. The van der Waals surface area contributed by atoms with Gasteiger partial charge in [-0.1, -0.05) is 19.8 Å². The Morgan fingerprint density at radius 1 is 1.41 bits per heavy atom. The number of rotatable bonds is 8. The summed E-state index contributed by atoms with van der Waals surface area (Å²) in [5.41, 5.74) is -0.297. The molecule has 0 amide bonds. The molecule has 0 aromatic rings. The van der Waals surface area contributed by atoms with Gasteiger partial charge in [-0.25, -0.2) is 0 Å². The van der Waals surface area contributed by atoms with Crippen molar-refractivity contribution in [3.05, 3.63) is 0 Å². The second-order valence-electron chi connectivity index (χ2n) is 5.35. The van der Waals surface area contributed by atoms with Gasteiger partial charge in [0, 0.05) is 12.1 Å². The summed E-state index contributed by atoms with van der Waals surface area (Å²) in [6.07, 6.45) is 5.44. The number of hydrogen-bond acceptors (Lipinski definition) is 4. The largest absolute Gasteiger partial charge is 0.394 e. The van der Waals surface area contributed by atoms with Gasteiger partial charge in [-0.3, -0.25) is 0 Å². The summed E-state index contributed by atoms with van der Waals surface area (Å²) < 4.78 is 5.64. The van der Waals surface area contributed by atoms with Crippen molar-refractivity contribution in [2.24, 2.45) is 0 Å². The van der Waals surface area contributed by atoms with E-state index in [1.165, 1.54) is 12.8 Å². The molecule has 1 aliphatic carbocycles. The van der Waals surface area contributed by atoms with Crippen LogP contribution in [0.4, 0.5) is 0 Å². The standard InChI is InChI=1S/C13H27NO3/c1-3-13(2,10-15)14-8-11(16)9-17-12-6-4-5-7-12/h11-12,14-16H,3-10H2,1-2H3. The van der Waals surface area contributed by atoms with Crippen LogP contribution >= 0.6 is 0 Å². The Labute approximate surface area is 104 Å². The van der Waals surface area contributed by atoms with Gasteiger partial charge in [-0.15, -0.1) is 0 Å². The van der Waals surface area contributed by atoms with Crippen LogP contribution in [0.5, 0.6) is 0 Å². The Hall–Kier alpha value is -0.160. The minimum atomic E-state index is -0.493. The van der Waals surface area contributed by atoms with E-state index in [9.17, 15) is 10.2 Å². The van der Waals surface area contributed by atoms with Gasteiger partial charge in [0.25, 0.3) is 0 Å². The van der Waals surface area contributed by atoms with Crippen LogP contribution in [0, 0.1) is 0 Å². The second-order valence-corrected chi connectivity index (χ2v) is 5.35. The number of aliphatic hydroxyl groups excluding tert-OH is 2. The molecule has 17 heavy (non-hydrogen) atoms. The van der Waals surface area contributed by atoms with Gasteiger partial charge >= 0.3 is 0 Å². The second kappa shape index (κ2) is 7.31. The molecule has 1 aliphatic rings. The molecule has 0 aromatic heterocycles. The molecule has 2 atom stereocenters. The molecule has 1 rings (SSSR count). The molecule has 3 N–H and O–H groups in total. The average Bonchev–Trinajstić information content (AvgIpc) is 2.86. The van der Waals surface area contributed by atoms with Gasteiger partial charge in [0.05, 0.1) is 25.4 Å². The first-order valence-corrected chi connectivity index (χ1v) is 6.75. The van der Waals surface area contributed by atoms with Gasteiger partial charge < -0.3 is 20.3 Å². The van der Waals surface area contributed by atoms with Gasteiger partial charge in [0.2, 0.25) is 0 Å². The van der Waals surface area contributed by atoms with Crippen LogP contribution in [0.2, 0.25) is 0 Å². The maximum Gasteiger partial charge on any atom is 0.0898 e. The fourth-order valence-corrected chi connectivity index (χ4v) is 2.02. The van der Waals surface area contributed by atoms with E-state index in [-0.39, 0.29) is 12.1 Å². The normalized spacial score (nSPS) is 22.6. The summed E-state index contributed by atoms with van der Waals surface area (Å²) in [4.78, 5) is 0. The molecule has 0 saturated heterocycles. The van der Waals surface area contributed by atoms with Crippen molar-refractivity contribution in [3.63, 3.8) is 0 Å². The van der Waals surface area contributed by atoms with Crippen LogP contribution in [0.25, 0.3) is 0 Å². The van der Waals surface area contributed by atoms with Gasteiger partial charge in [0.15, 0.2) is 0 Å². The van der Waals surface area contributed by atoms with Crippen molar-refractivity contribution in [1.29, 1.82) is 0 Å². The third kappa shape index (κ3) is 5.34. The summed E-state index contributed by atoms with van der Waals surface area (Å²) >= 11 is 0. The van der Waals surface area contributed by atoms with Crippen molar-refractivity contribution in [3.8, 4) is 0 Å². The van der Waals surface area contributed by atoms with Crippen LogP contribution in [0.3, 0.4) is 0 Å². The molecule has 1 saturated carbocycles. The molecular weight excluding hydrogens is 218 g/mol. The smallest absolute Gasteiger partial charge is 0.0898 e. The lowest BCUT2D eigenvalue weighted by molar-refractivity contribution is -0.00914. The first-order valence-electron chi connectivity index (χ1n) is 6.75. The first kappa shape index (κ1) is 14.9. The molecule has 1 fully saturated rings. The Balaban J connectivity index is 2.13. The molecule has 0 spiro atoms. The Morgan fingerprint density at radius 3 is 2.59 bits per heavy atom. The van der Waals surface area contributed by atoms with E-state index >= 15 is 0 Å². The van der Waals surface area contributed by atoms with Crippen LogP contribution in [0.1, 0.15) is 46.0 Å². The highest BCUT2D eigenvalue weighted by atomic mass is 16.5. The Bertz CT molecular complexity index is 201. The third-order valence-corrected chi connectivity index (χ3v) is 3.72. The van der Waals surface area contributed by atoms with E-state index in [0.717, 1.165) is 19.3 Å². The maximum absolute atomic E-state index is 9.79. The van der Waals surface area contributed by atoms with Crippen LogP contribution in [-0.4, -0.2) is 47.7 Å². The summed E-state index contributed by atoms with van der Waals surface area (Å²) in [7, 11) is 0. The zero-order chi connectivity index (χ0) is 12.7. The Kier molecular flexibility index (Phi) is 6.41. The summed E-state index contributed by atoms with van der Waals surface area (Å²) in [5, 5.41) is 22.2. The molecule has 102 valence electrons. The van der Waals surface area contributed by atoms with Crippen LogP contribution in [-0.2, 0) is 4.74 Å². The minimum absolute atomic E-state index is 0.0830. The molecule has 4 nitrogen and oxygen atoms in total. The number of aliphatic hydroxyl groups is 2. The van der Waals surface area contributed by atoms with Crippen LogP contribution < -0.4 is 5.32 Å². The zero-order valence-corrected chi connectivity index (χ0v) is 11.1. The third-order valence-electron chi connectivity index (χ3n) is 3.72. The van der Waals surface area contributed by atoms with Gasteiger partial charge in [-0.05, 0) is 26.2 Å². The highest BCUT2D eigenvalue weighted by molar-refractivity contribution is 4.81. The lowest BCUT2D eigenvalue weighted by atomic mass is 10.0. The van der Waals surface area contributed by atoms with Crippen molar-refractivity contribution in [2.75, 3.05) is 19.8 Å². The van der Waals surface area contributed by atoms with Crippen molar-refractivity contribution in [2.45, 2.75) is 63.7 Å². The fourth-order valence-electron chi connectivity index (χ4n) is 2.02. The maximum atomic E-state index is 9.79. The van der Waals surface area contributed by atoms with Gasteiger partial charge in [0.1, 0.15) is 0 Å². The monoisotopic (exact) mass is 245 g/mol. The molecule has 0 bridgehead atoms. The SMILES string of the molecule is CCC(C)(CO)NCC(O)COC1CCCC1. The molecule has 0 aliphatic heterocycles. The number of β-amino-alcohol motifs (C(OH)–C–C–N with tert-alkyl or cyclic N) is 1. The molecule has 2 unspecified atom stereocenters. The fraction of sp³-hybridized carbons (Fsp3) is 1.00. The first-order chi connectivity index (χ1) is 8.09. The van der Waals surface area contributed by atoms with E-state index in [4.69, 9.17) is 4.74 Å². The topological polar surface area (TPSA) is 61.7 Å². The van der Waals surface area contributed by atoms with Crippen molar-refractivity contribution in [1.82, 2.24) is 5.32 Å². The molecular formula is C13H27NO3. The number of ether oxygens (including phenoxy) is 1. The van der Waals surface area contributed by atoms with Crippen molar-refractivity contribution < 1.29 is 14.9 Å². The molecule has 0 heterocycles. The summed E-state index contributed by atoms with van der Waals surface area (Å²) in [6.45, 7) is 4.92. The molecule has 4 heteroatoms. The van der Waals surface area contributed by atoms with Crippen LogP contribution in [0.15, 0.2) is 0 Å². The van der Waals surface area contributed by atoms with Crippen molar-refractivity contribution >= 4 is 0 Å². The van der Waals surface area contributed by atoms with Gasteiger partial charge in [-0.2, -0.15) is 0 Å². The quantitative estimate of drug-likeness (QED) is 0.598. The zero-order valence-electron chi connectivity index (χ0n) is 11.1. The van der Waals surface area contributed by atoms with E-state index in [2.05, 4.69) is 5.32 Å². The highest BCUT2D eigenvalue weighted by Gasteiger charge is 2.22. The highest BCUT2D eigenvalue weighted by Crippen LogP contribution is 2.20.